The third-order valence-corrected chi connectivity index (χ3v) is 4.25. The van der Waals surface area contributed by atoms with Crippen LogP contribution in [0.4, 0.5) is 0 Å². The summed E-state index contributed by atoms with van der Waals surface area (Å²) in [7, 11) is 1.45. The Morgan fingerprint density at radius 1 is 1.32 bits per heavy atom. The molecule has 0 aromatic heterocycles. The molecule has 2 rings (SSSR count). The number of carbonyl (C=O) groups is 1. The molecule has 2 N–H and O–H groups in total. The Labute approximate surface area is 173 Å². The SMILES string of the molecule is C=CCc1cc(/C=N/NC(=O)[C@H](C)Oc2ccc(Cl)cc2Cl)cc(OC)c1O. The van der Waals surface area contributed by atoms with Crippen LogP contribution in [0.25, 0.3) is 0 Å². The molecule has 148 valence electrons. The van der Waals surface area contributed by atoms with Crippen LogP contribution >= 0.6 is 23.2 Å². The van der Waals surface area contributed by atoms with Crippen molar-refractivity contribution in [1.82, 2.24) is 5.43 Å². The zero-order valence-electron chi connectivity index (χ0n) is 15.4. The van der Waals surface area contributed by atoms with Crippen LogP contribution < -0.4 is 14.9 Å². The first kappa shape index (κ1) is 21.6. The molecule has 0 aliphatic heterocycles. The highest BCUT2D eigenvalue weighted by Crippen LogP contribution is 2.31. The molecule has 0 bridgehead atoms. The zero-order valence-corrected chi connectivity index (χ0v) is 16.9. The first-order chi connectivity index (χ1) is 13.3. The van der Waals surface area contributed by atoms with Gasteiger partial charge in [0.2, 0.25) is 0 Å². The third kappa shape index (κ3) is 5.65. The number of carbonyl (C=O) groups excluding carboxylic acids is 1. The molecule has 0 spiro atoms. The van der Waals surface area contributed by atoms with Gasteiger partial charge in [-0.1, -0.05) is 29.3 Å². The number of benzene rings is 2. The number of allylic oxidation sites excluding steroid dienone is 1. The van der Waals surface area contributed by atoms with E-state index in [1.165, 1.54) is 19.4 Å². The van der Waals surface area contributed by atoms with Gasteiger partial charge in [0.05, 0.1) is 18.3 Å². The molecule has 6 nitrogen and oxygen atoms in total. The lowest BCUT2D eigenvalue weighted by Crippen LogP contribution is -2.33. The second-order valence-corrected chi connectivity index (χ2v) is 6.64. The van der Waals surface area contributed by atoms with E-state index in [2.05, 4.69) is 17.1 Å². The highest BCUT2D eigenvalue weighted by Gasteiger charge is 2.16. The monoisotopic (exact) mass is 422 g/mol. The summed E-state index contributed by atoms with van der Waals surface area (Å²) < 4.78 is 10.7. The van der Waals surface area contributed by atoms with E-state index in [9.17, 15) is 9.90 Å². The van der Waals surface area contributed by atoms with Crippen LogP contribution in [0, 0.1) is 0 Å². The Balaban J connectivity index is 2.04. The van der Waals surface area contributed by atoms with Crippen molar-refractivity contribution in [3.63, 3.8) is 0 Å². The number of phenolic OH excluding ortho intramolecular Hbond substituents is 1. The van der Waals surface area contributed by atoms with Gasteiger partial charge in [0.15, 0.2) is 17.6 Å². The van der Waals surface area contributed by atoms with Crippen LogP contribution in [0.5, 0.6) is 17.2 Å². The van der Waals surface area contributed by atoms with Gasteiger partial charge in [-0.2, -0.15) is 5.10 Å². The molecule has 1 amide bonds. The first-order valence-corrected chi connectivity index (χ1v) is 9.06. The Morgan fingerprint density at radius 2 is 2.07 bits per heavy atom. The summed E-state index contributed by atoms with van der Waals surface area (Å²) in [4.78, 5) is 12.2. The largest absolute Gasteiger partial charge is 0.504 e. The second kappa shape index (κ2) is 10.0. The average molecular weight is 423 g/mol. The smallest absolute Gasteiger partial charge is 0.280 e. The van der Waals surface area contributed by atoms with Gasteiger partial charge >= 0.3 is 0 Å². The van der Waals surface area contributed by atoms with E-state index in [4.69, 9.17) is 32.7 Å². The number of aromatic hydroxyl groups is 1. The van der Waals surface area contributed by atoms with Gasteiger partial charge in [0.1, 0.15) is 5.75 Å². The van der Waals surface area contributed by atoms with Crippen molar-refractivity contribution >= 4 is 35.3 Å². The molecule has 0 saturated heterocycles. The maximum absolute atomic E-state index is 12.2. The van der Waals surface area contributed by atoms with E-state index in [1.54, 1.807) is 37.3 Å². The molecule has 0 radical (unpaired) electrons. The number of hydrogen-bond donors (Lipinski definition) is 2. The zero-order chi connectivity index (χ0) is 20.7. The number of hydrogen-bond acceptors (Lipinski definition) is 5. The lowest BCUT2D eigenvalue weighted by atomic mass is 10.1. The molecule has 0 saturated carbocycles. The fourth-order valence-electron chi connectivity index (χ4n) is 2.31. The van der Waals surface area contributed by atoms with Crippen molar-refractivity contribution in [3.8, 4) is 17.2 Å². The molecule has 2 aromatic carbocycles. The van der Waals surface area contributed by atoms with E-state index >= 15 is 0 Å². The normalized spacial score (nSPS) is 11.9. The van der Waals surface area contributed by atoms with E-state index < -0.39 is 12.0 Å². The van der Waals surface area contributed by atoms with Crippen molar-refractivity contribution in [3.05, 3.63) is 64.2 Å². The van der Waals surface area contributed by atoms with Crippen LogP contribution in [0.1, 0.15) is 18.1 Å². The number of amides is 1. The molecule has 8 heteroatoms. The molecule has 28 heavy (non-hydrogen) atoms. The van der Waals surface area contributed by atoms with Gasteiger partial charge in [-0.3, -0.25) is 4.79 Å². The average Bonchev–Trinajstić information content (AvgIpc) is 2.66. The highest BCUT2D eigenvalue weighted by molar-refractivity contribution is 6.35. The number of halogens is 2. The van der Waals surface area contributed by atoms with Crippen molar-refractivity contribution in [2.45, 2.75) is 19.4 Å². The quantitative estimate of drug-likeness (QED) is 0.376. The minimum Gasteiger partial charge on any atom is -0.504 e. The first-order valence-electron chi connectivity index (χ1n) is 8.31. The van der Waals surface area contributed by atoms with Gasteiger partial charge in [0, 0.05) is 10.6 Å². The standard InChI is InChI=1S/C20H20Cl2N2O4/c1-4-5-14-8-13(9-18(27-3)19(14)25)11-23-24-20(26)12(2)28-17-7-6-15(21)10-16(17)22/h4,6-12,25H,1,5H2,2-3H3,(H,24,26)/b23-11+/t12-/m0/s1. The van der Waals surface area contributed by atoms with E-state index in [-0.39, 0.29) is 5.75 Å². The lowest BCUT2D eigenvalue weighted by Gasteiger charge is -2.14. The number of nitrogens with zero attached hydrogens (tertiary/aromatic N) is 1. The number of phenols is 1. The van der Waals surface area contributed by atoms with Crippen molar-refractivity contribution in [2.24, 2.45) is 5.10 Å². The van der Waals surface area contributed by atoms with Gasteiger partial charge in [-0.15, -0.1) is 6.58 Å². The van der Waals surface area contributed by atoms with Crippen molar-refractivity contribution in [2.75, 3.05) is 7.11 Å². The molecule has 0 aliphatic carbocycles. The van der Waals surface area contributed by atoms with Gasteiger partial charge < -0.3 is 14.6 Å². The highest BCUT2D eigenvalue weighted by atomic mass is 35.5. The summed E-state index contributed by atoms with van der Waals surface area (Å²) in [6.07, 6.45) is 2.73. The van der Waals surface area contributed by atoms with Gasteiger partial charge in [-0.25, -0.2) is 5.43 Å². The lowest BCUT2D eigenvalue weighted by molar-refractivity contribution is -0.127. The summed E-state index contributed by atoms with van der Waals surface area (Å²) in [6, 6.07) is 8.06. The molecule has 0 fully saturated rings. The molecular formula is C20H20Cl2N2O4. The third-order valence-electron chi connectivity index (χ3n) is 3.72. The van der Waals surface area contributed by atoms with Crippen molar-refractivity contribution < 1.29 is 19.4 Å². The minimum absolute atomic E-state index is 0.0467. The summed E-state index contributed by atoms with van der Waals surface area (Å²) >= 11 is 11.9. The van der Waals surface area contributed by atoms with E-state index in [0.29, 0.717) is 39.1 Å². The molecular weight excluding hydrogens is 403 g/mol. The predicted molar refractivity (Wildman–Crippen MR) is 111 cm³/mol. The fourth-order valence-corrected chi connectivity index (χ4v) is 2.76. The Kier molecular flexibility index (Phi) is 7.72. The molecule has 0 aliphatic rings. The molecule has 0 heterocycles. The summed E-state index contributed by atoms with van der Waals surface area (Å²) in [5, 5.41) is 14.8. The molecule has 2 aromatic rings. The maximum atomic E-state index is 12.2. The number of methoxy groups -OCH3 is 1. The van der Waals surface area contributed by atoms with Gasteiger partial charge in [-0.05, 0) is 49.2 Å². The van der Waals surface area contributed by atoms with Crippen LogP contribution in [-0.2, 0) is 11.2 Å². The minimum atomic E-state index is -0.832. The Hall–Kier alpha value is -2.70. The number of nitrogens with one attached hydrogen (secondary N) is 1. The molecule has 0 unspecified atom stereocenters. The van der Waals surface area contributed by atoms with Gasteiger partial charge in [0.25, 0.3) is 5.91 Å². The maximum Gasteiger partial charge on any atom is 0.280 e. The topological polar surface area (TPSA) is 80.2 Å². The number of hydrazone groups is 1. The summed E-state index contributed by atoms with van der Waals surface area (Å²) in [5.74, 6) is 0.237. The second-order valence-electron chi connectivity index (χ2n) is 5.79. The Morgan fingerprint density at radius 3 is 2.71 bits per heavy atom. The van der Waals surface area contributed by atoms with Crippen LogP contribution in [0.2, 0.25) is 10.0 Å². The van der Waals surface area contributed by atoms with Crippen molar-refractivity contribution in [1.29, 1.82) is 0 Å². The predicted octanol–water partition coefficient (Wildman–Crippen LogP) is 4.35. The fraction of sp³-hybridized carbons (Fsp3) is 0.200. The Bertz CT molecular complexity index is 900. The molecule has 1 atom stereocenters. The van der Waals surface area contributed by atoms with E-state index in [1.807, 2.05) is 0 Å². The summed E-state index contributed by atoms with van der Waals surface area (Å²) in [5.41, 5.74) is 3.67. The number of ether oxygens (including phenoxy) is 2. The van der Waals surface area contributed by atoms with Crippen LogP contribution in [0.15, 0.2) is 48.1 Å². The van der Waals surface area contributed by atoms with E-state index in [0.717, 1.165) is 0 Å². The number of rotatable bonds is 8. The van der Waals surface area contributed by atoms with Crippen LogP contribution in [0.3, 0.4) is 0 Å². The van der Waals surface area contributed by atoms with Crippen LogP contribution in [-0.4, -0.2) is 30.4 Å². The summed E-state index contributed by atoms with van der Waals surface area (Å²) in [6.45, 7) is 5.23.